The number of halogens is 1. The predicted octanol–water partition coefficient (Wildman–Crippen LogP) is 3.87. The highest BCUT2D eigenvalue weighted by molar-refractivity contribution is 6.27. The fourth-order valence-corrected chi connectivity index (χ4v) is 1.87. The maximum absolute atomic E-state index is 11.0. The van der Waals surface area contributed by atoms with Crippen molar-refractivity contribution in [2.45, 2.75) is 71.3 Å². The van der Waals surface area contributed by atoms with E-state index in [9.17, 15) is 4.79 Å². The molecule has 3 heteroatoms. The van der Waals surface area contributed by atoms with Crippen molar-refractivity contribution >= 4 is 17.5 Å². The van der Waals surface area contributed by atoms with Gasteiger partial charge in [0.15, 0.2) is 0 Å². The van der Waals surface area contributed by atoms with E-state index in [2.05, 4.69) is 12.2 Å². The van der Waals surface area contributed by atoms with E-state index >= 15 is 0 Å². The molecule has 1 atom stereocenters. The minimum absolute atomic E-state index is 0.0582. The summed E-state index contributed by atoms with van der Waals surface area (Å²) in [6.45, 7) is 4.28. The SMILES string of the molecule is CCCCCCCCCC(C)NC(=O)CCl. The highest BCUT2D eigenvalue weighted by atomic mass is 35.5. The average molecular weight is 248 g/mol. The Morgan fingerprint density at radius 1 is 1.12 bits per heavy atom. The summed E-state index contributed by atoms with van der Waals surface area (Å²) in [6, 6.07) is 0.266. The lowest BCUT2D eigenvalue weighted by atomic mass is 10.1. The second-order valence-corrected chi connectivity index (χ2v) is 4.78. The first-order valence-corrected chi connectivity index (χ1v) is 7.09. The summed E-state index contributed by atoms with van der Waals surface area (Å²) in [6.07, 6.45) is 10.3. The normalized spacial score (nSPS) is 12.4. The Hall–Kier alpha value is -0.240. The largest absolute Gasteiger partial charge is 0.353 e. The number of rotatable bonds is 10. The zero-order valence-corrected chi connectivity index (χ0v) is 11.5. The molecule has 0 saturated carbocycles. The van der Waals surface area contributed by atoms with Gasteiger partial charge in [0, 0.05) is 6.04 Å². The molecule has 0 aromatic carbocycles. The average Bonchev–Trinajstić information content (AvgIpc) is 2.27. The van der Waals surface area contributed by atoms with Crippen LogP contribution in [-0.2, 0) is 4.79 Å². The van der Waals surface area contributed by atoms with E-state index in [0.29, 0.717) is 0 Å². The number of unbranched alkanes of at least 4 members (excludes halogenated alkanes) is 6. The minimum atomic E-state index is -0.0582. The molecule has 1 N–H and O–H groups in total. The van der Waals surface area contributed by atoms with Crippen LogP contribution in [0.25, 0.3) is 0 Å². The maximum Gasteiger partial charge on any atom is 0.235 e. The highest BCUT2D eigenvalue weighted by Crippen LogP contribution is 2.09. The van der Waals surface area contributed by atoms with Crippen molar-refractivity contribution in [3.05, 3.63) is 0 Å². The van der Waals surface area contributed by atoms with E-state index in [1.165, 1.54) is 44.9 Å². The summed E-state index contributed by atoms with van der Waals surface area (Å²) in [4.78, 5) is 11.0. The number of nitrogens with one attached hydrogen (secondary N) is 1. The molecule has 0 bridgehead atoms. The smallest absolute Gasteiger partial charge is 0.235 e. The van der Waals surface area contributed by atoms with Gasteiger partial charge in [-0.1, -0.05) is 51.9 Å². The van der Waals surface area contributed by atoms with Crippen LogP contribution in [0.5, 0.6) is 0 Å². The van der Waals surface area contributed by atoms with Gasteiger partial charge in [-0.25, -0.2) is 0 Å². The molecule has 1 unspecified atom stereocenters. The van der Waals surface area contributed by atoms with Crippen molar-refractivity contribution in [2.75, 3.05) is 5.88 Å². The summed E-state index contributed by atoms with van der Waals surface area (Å²) < 4.78 is 0. The summed E-state index contributed by atoms with van der Waals surface area (Å²) in [7, 11) is 0. The number of hydrogen-bond donors (Lipinski definition) is 1. The van der Waals surface area contributed by atoms with E-state index in [0.717, 1.165) is 6.42 Å². The molecular weight excluding hydrogens is 222 g/mol. The van der Waals surface area contributed by atoms with Gasteiger partial charge in [0.2, 0.25) is 5.91 Å². The van der Waals surface area contributed by atoms with Crippen LogP contribution in [0.1, 0.15) is 65.2 Å². The summed E-state index contributed by atoms with van der Waals surface area (Å²) >= 11 is 5.42. The molecule has 0 spiro atoms. The van der Waals surface area contributed by atoms with Crippen molar-refractivity contribution in [1.29, 1.82) is 0 Å². The monoisotopic (exact) mass is 247 g/mol. The third-order valence-electron chi connectivity index (χ3n) is 2.77. The van der Waals surface area contributed by atoms with Crippen LogP contribution in [0.4, 0.5) is 0 Å². The maximum atomic E-state index is 11.0. The number of amides is 1. The van der Waals surface area contributed by atoms with Crippen LogP contribution < -0.4 is 5.32 Å². The molecular formula is C13H26ClNO. The van der Waals surface area contributed by atoms with Crippen molar-refractivity contribution in [3.63, 3.8) is 0 Å². The first-order chi connectivity index (χ1) is 7.70. The first kappa shape index (κ1) is 15.8. The number of carbonyl (C=O) groups excluding carboxylic acids is 1. The standard InChI is InChI=1S/C13H26ClNO/c1-3-4-5-6-7-8-9-10-12(2)15-13(16)11-14/h12H,3-11H2,1-2H3,(H,15,16). The molecule has 0 saturated heterocycles. The highest BCUT2D eigenvalue weighted by Gasteiger charge is 2.04. The van der Waals surface area contributed by atoms with Crippen molar-refractivity contribution < 1.29 is 4.79 Å². The molecule has 0 rings (SSSR count). The molecule has 0 aliphatic heterocycles. The van der Waals surface area contributed by atoms with Crippen LogP contribution in [0, 0.1) is 0 Å². The summed E-state index contributed by atoms with van der Waals surface area (Å²) in [5.74, 6) is 0.0126. The zero-order valence-electron chi connectivity index (χ0n) is 10.7. The van der Waals surface area contributed by atoms with E-state index < -0.39 is 0 Å². The van der Waals surface area contributed by atoms with Gasteiger partial charge in [0.25, 0.3) is 0 Å². The van der Waals surface area contributed by atoms with Crippen LogP contribution >= 0.6 is 11.6 Å². The predicted molar refractivity (Wildman–Crippen MR) is 70.9 cm³/mol. The molecule has 0 radical (unpaired) electrons. The fraction of sp³-hybridized carbons (Fsp3) is 0.923. The lowest BCUT2D eigenvalue weighted by Gasteiger charge is -2.12. The Morgan fingerprint density at radius 2 is 1.69 bits per heavy atom. The third kappa shape index (κ3) is 10.3. The first-order valence-electron chi connectivity index (χ1n) is 6.56. The van der Waals surface area contributed by atoms with Crippen LogP contribution in [-0.4, -0.2) is 17.8 Å². The van der Waals surface area contributed by atoms with Crippen molar-refractivity contribution in [2.24, 2.45) is 0 Å². The zero-order chi connectivity index (χ0) is 12.2. The third-order valence-corrected chi connectivity index (χ3v) is 3.01. The van der Waals surface area contributed by atoms with Gasteiger partial charge in [-0.3, -0.25) is 4.79 Å². The lowest BCUT2D eigenvalue weighted by molar-refractivity contribution is -0.119. The minimum Gasteiger partial charge on any atom is -0.353 e. The van der Waals surface area contributed by atoms with Gasteiger partial charge in [0.05, 0.1) is 0 Å². The van der Waals surface area contributed by atoms with Gasteiger partial charge >= 0.3 is 0 Å². The van der Waals surface area contributed by atoms with E-state index in [-0.39, 0.29) is 17.8 Å². The van der Waals surface area contributed by atoms with Crippen LogP contribution in [0.15, 0.2) is 0 Å². The molecule has 0 aliphatic rings. The van der Waals surface area contributed by atoms with Gasteiger partial charge in [-0.15, -0.1) is 11.6 Å². The second-order valence-electron chi connectivity index (χ2n) is 4.51. The van der Waals surface area contributed by atoms with E-state index in [4.69, 9.17) is 11.6 Å². The Balaban J connectivity index is 3.21. The Morgan fingerprint density at radius 3 is 2.25 bits per heavy atom. The summed E-state index contributed by atoms with van der Waals surface area (Å²) in [5.41, 5.74) is 0. The van der Waals surface area contributed by atoms with E-state index in [1.807, 2.05) is 6.92 Å². The molecule has 16 heavy (non-hydrogen) atoms. The molecule has 0 fully saturated rings. The molecule has 0 aliphatic carbocycles. The van der Waals surface area contributed by atoms with Crippen LogP contribution in [0.3, 0.4) is 0 Å². The van der Waals surface area contributed by atoms with Gasteiger partial charge in [-0.2, -0.15) is 0 Å². The molecule has 1 amide bonds. The quantitative estimate of drug-likeness (QED) is 0.461. The molecule has 2 nitrogen and oxygen atoms in total. The van der Waals surface area contributed by atoms with Gasteiger partial charge in [0.1, 0.15) is 5.88 Å². The molecule has 96 valence electrons. The lowest BCUT2D eigenvalue weighted by Crippen LogP contribution is -2.33. The Kier molecular flexibility index (Phi) is 11.1. The number of hydrogen-bond acceptors (Lipinski definition) is 1. The molecule has 0 aromatic rings. The van der Waals surface area contributed by atoms with Crippen LogP contribution in [0.2, 0.25) is 0 Å². The summed E-state index contributed by atoms with van der Waals surface area (Å²) in [5, 5.41) is 2.87. The van der Waals surface area contributed by atoms with Crippen molar-refractivity contribution in [3.8, 4) is 0 Å². The Labute approximate surface area is 105 Å². The van der Waals surface area contributed by atoms with Crippen molar-refractivity contribution in [1.82, 2.24) is 5.32 Å². The van der Waals surface area contributed by atoms with Gasteiger partial charge in [-0.05, 0) is 13.3 Å². The number of alkyl halides is 1. The number of carbonyl (C=O) groups is 1. The fourth-order valence-electron chi connectivity index (χ4n) is 1.79. The second kappa shape index (κ2) is 11.3. The molecule has 0 heterocycles. The van der Waals surface area contributed by atoms with Gasteiger partial charge < -0.3 is 5.32 Å². The molecule has 0 aromatic heterocycles. The van der Waals surface area contributed by atoms with E-state index in [1.54, 1.807) is 0 Å². The Bertz CT molecular complexity index is 173. The topological polar surface area (TPSA) is 29.1 Å².